The van der Waals surface area contributed by atoms with E-state index in [0.717, 1.165) is 65.2 Å². The van der Waals surface area contributed by atoms with Crippen molar-refractivity contribution in [2.45, 2.75) is 37.9 Å². The summed E-state index contributed by atoms with van der Waals surface area (Å²) < 4.78 is 0. The van der Waals surface area contributed by atoms with Gasteiger partial charge in [0.2, 0.25) is 0 Å². The maximum absolute atomic E-state index is 10.5. The van der Waals surface area contributed by atoms with Gasteiger partial charge in [-0.05, 0) is 39.8 Å². The third kappa shape index (κ3) is 5.00. The molecule has 0 radical (unpaired) electrons. The highest BCUT2D eigenvalue weighted by molar-refractivity contribution is 4.89. The van der Waals surface area contributed by atoms with Gasteiger partial charge in [0.05, 0.1) is 11.2 Å². The van der Waals surface area contributed by atoms with E-state index in [4.69, 9.17) is 0 Å². The van der Waals surface area contributed by atoms with Crippen LogP contribution < -0.4 is 5.32 Å². The van der Waals surface area contributed by atoms with E-state index < -0.39 is 11.2 Å². The Morgan fingerprint density at radius 1 is 1.05 bits per heavy atom. The highest BCUT2D eigenvalue weighted by Crippen LogP contribution is 2.20. The summed E-state index contributed by atoms with van der Waals surface area (Å²) in [5.74, 6) is 0. The van der Waals surface area contributed by atoms with Gasteiger partial charge in [-0.1, -0.05) is 0 Å². The number of rotatable bonds is 4. The zero-order valence-corrected chi connectivity index (χ0v) is 12.4. The van der Waals surface area contributed by atoms with Gasteiger partial charge in [-0.15, -0.1) is 0 Å². The van der Waals surface area contributed by atoms with Crippen LogP contribution in [-0.2, 0) is 0 Å². The third-order valence-electron chi connectivity index (χ3n) is 4.13. The number of β-amino-alcohol motifs (C(OH)–C–C–N with tert-alkyl or cyclic N) is 2. The maximum Gasteiger partial charge on any atom is 0.0798 e. The van der Waals surface area contributed by atoms with Crippen LogP contribution in [0.3, 0.4) is 0 Å². The van der Waals surface area contributed by atoms with E-state index in [1.807, 2.05) is 13.8 Å². The van der Waals surface area contributed by atoms with Gasteiger partial charge in [0, 0.05) is 39.3 Å². The summed E-state index contributed by atoms with van der Waals surface area (Å²) in [7, 11) is 0. The van der Waals surface area contributed by atoms with Gasteiger partial charge in [0.25, 0.3) is 0 Å². The Hall–Kier alpha value is -0.200. The molecule has 0 unspecified atom stereocenters. The van der Waals surface area contributed by atoms with Crippen molar-refractivity contribution in [3.63, 3.8) is 0 Å². The molecule has 2 heterocycles. The fraction of sp³-hybridized carbons (Fsp3) is 1.00. The topological polar surface area (TPSA) is 59.0 Å². The van der Waals surface area contributed by atoms with Crippen LogP contribution in [0.4, 0.5) is 0 Å². The standard InChI is InChI=1S/C14H29N3O2/c1-13(2,18)11-16-7-9-17(10-8-16)12-14(19)3-5-15-6-4-14/h15,18-19H,3-12H2,1-2H3. The Labute approximate surface area is 116 Å². The van der Waals surface area contributed by atoms with Crippen LogP contribution in [0.15, 0.2) is 0 Å². The van der Waals surface area contributed by atoms with Crippen molar-refractivity contribution in [2.24, 2.45) is 0 Å². The lowest BCUT2D eigenvalue weighted by molar-refractivity contribution is -0.0381. The molecule has 0 bridgehead atoms. The zero-order chi connectivity index (χ0) is 13.9. The Kier molecular flexibility index (Phi) is 4.84. The highest BCUT2D eigenvalue weighted by Gasteiger charge is 2.32. The molecule has 0 aromatic heterocycles. The molecule has 0 atom stereocenters. The number of nitrogens with zero attached hydrogens (tertiary/aromatic N) is 2. The second-order valence-electron chi connectivity index (χ2n) is 6.84. The van der Waals surface area contributed by atoms with Crippen LogP contribution in [0, 0.1) is 0 Å². The Morgan fingerprint density at radius 3 is 2.11 bits per heavy atom. The van der Waals surface area contributed by atoms with Crippen molar-refractivity contribution < 1.29 is 10.2 Å². The molecule has 0 saturated carbocycles. The second kappa shape index (κ2) is 6.06. The third-order valence-corrected chi connectivity index (χ3v) is 4.13. The first-order valence-electron chi connectivity index (χ1n) is 7.47. The molecule has 0 aliphatic carbocycles. The number of piperazine rings is 1. The van der Waals surface area contributed by atoms with E-state index in [0.29, 0.717) is 0 Å². The van der Waals surface area contributed by atoms with Gasteiger partial charge in [0.15, 0.2) is 0 Å². The molecule has 2 rings (SSSR count). The van der Waals surface area contributed by atoms with E-state index >= 15 is 0 Å². The van der Waals surface area contributed by atoms with Crippen LogP contribution in [0.1, 0.15) is 26.7 Å². The molecule has 0 aromatic rings. The summed E-state index contributed by atoms with van der Waals surface area (Å²) in [5, 5.41) is 23.7. The minimum atomic E-state index is -0.616. The number of hydrogen-bond donors (Lipinski definition) is 3. The normalized spacial score (nSPS) is 26.5. The van der Waals surface area contributed by atoms with Crippen LogP contribution in [-0.4, -0.2) is 83.6 Å². The molecular weight excluding hydrogens is 242 g/mol. The predicted molar refractivity (Wildman–Crippen MR) is 76.2 cm³/mol. The molecule has 5 heteroatoms. The van der Waals surface area contributed by atoms with Crippen LogP contribution in [0.5, 0.6) is 0 Å². The number of nitrogens with one attached hydrogen (secondary N) is 1. The highest BCUT2D eigenvalue weighted by atomic mass is 16.3. The predicted octanol–water partition coefficient (Wildman–Crippen LogP) is -0.511. The Morgan fingerprint density at radius 2 is 1.58 bits per heavy atom. The minimum absolute atomic E-state index is 0.496. The quantitative estimate of drug-likeness (QED) is 0.643. The fourth-order valence-electron chi connectivity index (χ4n) is 3.12. The lowest BCUT2D eigenvalue weighted by Gasteiger charge is -2.42. The summed E-state index contributed by atoms with van der Waals surface area (Å²) in [4.78, 5) is 4.68. The van der Waals surface area contributed by atoms with Gasteiger partial charge < -0.3 is 15.5 Å². The SMILES string of the molecule is CC(C)(O)CN1CCN(CC2(O)CCNCC2)CC1. The molecule has 2 aliphatic rings. The summed E-state index contributed by atoms with van der Waals surface area (Å²) in [6.07, 6.45) is 1.72. The summed E-state index contributed by atoms with van der Waals surface area (Å²) in [6.45, 7) is 11.0. The monoisotopic (exact) mass is 271 g/mol. The average Bonchev–Trinajstić information content (AvgIpc) is 2.30. The maximum atomic E-state index is 10.5. The summed E-state index contributed by atoms with van der Waals surface area (Å²) >= 11 is 0. The smallest absolute Gasteiger partial charge is 0.0798 e. The van der Waals surface area contributed by atoms with Crippen molar-refractivity contribution in [3.8, 4) is 0 Å². The Balaban J connectivity index is 1.74. The molecule has 0 spiro atoms. The molecule has 0 amide bonds. The lowest BCUT2D eigenvalue weighted by Crippen LogP contribution is -2.56. The largest absolute Gasteiger partial charge is 0.389 e. The van der Waals surface area contributed by atoms with Crippen molar-refractivity contribution in [1.82, 2.24) is 15.1 Å². The van der Waals surface area contributed by atoms with E-state index in [1.54, 1.807) is 0 Å². The molecule has 2 aliphatic heterocycles. The van der Waals surface area contributed by atoms with Gasteiger partial charge >= 0.3 is 0 Å². The van der Waals surface area contributed by atoms with E-state index in [9.17, 15) is 10.2 Å². The number of piperidine rings is 1. The molecular formula is C14H29N3O2. The molecule has 19 heavy (non-hydrogen) atoms. The van der Waals surface area contributed by atoms with Crippen LogP contribution in [0.2, 0.25) is 0 Å². The minimum Gasteiger partial charge on any atom is -0.389 e. The number of aliphatic hydroxyl groups is 2. The molecule has 0 aromatic carbocycles. The first-order chi connectivity index (χ1) is 8.86. The van der Waals surface area contributed by atoms with Crippen molar-refractivity contribution in [2.75, 3.05) is 52.4 Å². The van der Waals surface area contributed by atoms with Gasteiger partial charge in [-0.25, -0.2) is 0 Å². The molecule has 3 N–H and O–H groups in total. The van der Waals surface area contributed by atoms with Gasteiger partial charge in [-0.2, -0.15) is 0 Å². The average molecular weight is 271 g/mol. The van der Waals surface area contributed by atoms with E-state index in [-0.39, 0.29) is 0 Å². The van der Waals surface area contributed by atoms with Crippen molar-refractivity contribution in [1.29, 1.82) is 0 Å². The van der Waals surface area contributed by atoms with E-state index in [2.05, 4.69) is 15.1 Å². The zero-order valence-electron chi connectivity index (χ0n) is 12.4. The second-order valence-corrected chi connectivity index (χ2v) is 6.84. The lowest BCUT2D eigenvalue weighted by atomic mass is 9.91. The molecule has 112 valence electrons. The van der Waals surface area contributed by atoms with Crippen LogP contribution >= 0.6 is 0 Å². The Bertz CT molecular complexity index is 277. The fourth-order valence-corrected chi connectivity index (χ4v) is 3.12. The first-order valence-corrected chi connectivity index (χ1v) is 7.47. The summed E-state index contributed by atoms with van der Waals surface area (Å²) in [6, 6.07) is 0. The summed E-state index contributed by atoms with van der Waals surface area (Å²) in [5.41, 5.74) is -1.11. The van der Waals surface area contributed by atoms with Crippen LogP contribution in [0.25, 0.3) is 0 Å². The molecule has 5 nitrogen and oxygen atoms in total. The first kappa shape index (κ1) is 15.2. The van der Waals surface area contributed by atoms with E-state index in [1.165, 1.54) is 0 Å². The molecule has 2 fully saturated rings. The van der Waals surface area contributed by atoms with Crippen molar-refractivity contribution >= 4 is 0 Å². The number of hydrogen-bond acceptors (Lipinski definition) is 5. The van der Waals surface area contributed by atoms with Crippen molar-refractivity contribution in [3.05, 3.63) is 0 Å². The van der Waals surface area contributed by atoms with Gasteiger partial charge in [-0.3, -0.25) is 9.80 Å². The molecule has 2 saturated heterocycles. The van der Waals surface area contributed by atoms with Gasteiger partial charge in [0.1, 0.15) is 0 Å².